The van der Waals surface area contributed by atoms with Crippen LogP contribution in [0.4, 0.5) is 10.6 Å². The molecule has 6 nitrogen and oxygen atoms in total. The van der Waals surface area contributed by atoms with Crippen molar-refractivity contribution in [2.75, 3.05) is 18.0 Å². The number of rotatable bonds is 8. The highest BCUT2D eigenvalue weighted by Crippen LogP contribution is 2.50. The van der Waals surface area contributed by atoms with E-state index in [1.54, 1.807) is 11.0 Å². The standard InChI is InChI=1S/C28H37N5O/c1-3-27(13-15-28(4-2,16-14-27)23-11-6-5-7-12-23)20-33(25-17-24(18-29)31-21-32-25)26(34)30-19-22-9-8-10-22/h5-7,11-12,17,21-22H,3-4,8-10,13-16,19-20H2,1-2H3,(H,30,34)/t27-,28+. The molecule has 2 saturated carbocycles. The minimum Gasteiger partial charge on any atom is -0.337 e. The molecule has 2 amide bonds. The first-order valence-electron chi connectivity index (χ1n) is 12.9. The molecule has 2 aromatic rings. The van der Waals surface area contributed by atoms with Gasteiger partial charge in [-0.15, -0.1) is 0 Å². The van der Waals surface area contributed by atoms with E-state index in [9.17, 15) is 10.1 Å². The van der Waals surface area contributed by atoms with Crippen molar-refractivity contribution in [2.45, 2.75) is 77.0 Å². The second-order valence-corrected chi connectivity index (χ2v) is 10.3. The van der Waals surface area contributed by atoms with Gasteiger partial charge >= 0.3 is 6.03 Å². The molecule has 1 aromatic heterocycles. The van der Waals surface area contributed by atoms with Gasteiger partial charge in [-0.2, -0.15) is 5.26 Å². The Hall–Kier alpha value is -2.94. The maximum atomic E-state index is 13.4. The number of carbonyl (C=O) groups is 1. The molecule has 0 atom stereocenters. The average molecular weight is 460 g/mol. The van der Waals surface area contributed by atoms with Crippen molar-refractivity contribution in [1.29, 1.82) is 5.26 Å². The number of amides is 2. The molecule has 2 aliphatic carbocycles. The van der Waals surface area contributed by atoms with Gasteiger partial charge in [0.15, 0.2) is 0 Å². The number of hydrogen-bond donors (Lipinski definition) is 1. The van der Waals surface area contributed by atoms with Gasteiger partial charge in [-0.25, -0.2) is 14.8 Å². The number of benzene rings is 1. The number of nitrogens with zero attached hydrogens (tertiary/aromatic N) is 4. The molecule has 180 valence electrons. The van der Waals surface area contributed by atoms with Crippen LogP contribution in [0, 0.1) is 22.7 Å². The van der Waals surface area contributed by atoms with Gasteiger partial charge in [0.25, 0.3) is 0 Å². The lowest BCUT2D eigenvalue weighted by Gasteiger charge is -2.48. The number of carbonyl (C=O) groups excluding carboxylic acids is 1. The smallest absolute Gasteiger partial charge is 0.323 e. The molecule has 4 rings (SSSR count). The van der Waals surface area contributed by atoms with Crippen molar-refractivity contribution >= 4 is 11.8 Å². The Labute approximate surface area is 203 Å². The maximum Gasteiger partial charge on any atom is 0.323 e. The Kier molecular flexibility index (Phi) is 7.50. The Morgan fingerprint density at radius 2 is 1.85 bits per heavy atom. The highest BCUT2D eigenvalue weighted by molar-refractivity contribution is 5.91. The van der Waals surface area contributed by atoms with Gasteiger partial charge in [0, 0.05) is 19.2 Å². The highest BCUT2D eigenvalue weighted by Gasteiger charge is 2.43. The summed E-state index contributed by atoms with van der Waals surface area (Å²) in [5.41, 5.74) is 1.95. The Bertz CT molecular complexity index is 1000. The fourth-order valence-corrected chi connectivity index (χ4v) is 5.69. The van der Waals surface area contributed by atoms with Gasteiger partial charge in [-0.1, -0.05) is 50.6 Å². The van der Waals surface area contributed by atoms with Crippen LogP contribution in [0.3, 0.4) is 0 Å². The van der Waals surface area contributed by atoms with Crippen LogP contribution in [-0.2, 0) is 5.41 Å². The van der Waals surface area contributed by atoms with Crippen LogP contribution < -0.4 is 10.2 Å². The van der Waals surface area contributed by atoms with Crippen LogP contribution in [0.1, 0.15) is 82.9 Å². The lowest BCUT2D eigenvalue weighted by Crippen LogP contribution is -2.50. The minimum absolute atomic E-state index is 0.0268. The first-order valence-corrected chi connectivity index (χ1v) is 12.9. The van der Waals surface area contributed by atoms with Crippen molar-refractivity contribution in [3.05, 3.63) is 54.0 Å². The second-order valence-electron chi connectivity index (χ2n) is 10.3. The predicted molar refractivity (Wildman–Crippen MR) is 134 cm³/mol. The van der Waals surface area contributed by atoms with Gasteiger partial charge in [0.05, 0.1) is 0 Å². The average Bonchev–Trinajstić information content (AvgIpc) is 2.87. The number of aromatic nitrogens is 2. The van der Waals surface area contributed by atoms with Gasteiger partial charge in [0.2, 0.25) is 0 Å². The van der Waals surface area contributed by atoms with Crippen molar-refractivity contribution in [1.82, 2.24) is 15.3 Å². The van der Waals surface area contributed by atoms with Crippen molar-refractivity contribution < 1.29 is 4.79 Å². The minimum atomic E-state index is -0.113. The summed E-state index contributed by atoms with van der Waals surface area (Å²) in [6.07, 6.45) is 11.5. The van der Waals surface area contributed by atoms with Crippen molar-refractivity contribution in [3.63, 3.8) is 0 Å². The Balaban J connectivity index is 1.55. The summed E-state index contributed by atoms with van der Waals surface area (Å²) in [5, 5.41) is 12.5. The zero-order valence-corrected chi connectivity index (χ0v) is 20.6. The van der Waals surface area contributed by atoms with E-state index in [2.05, 4.69) is 65.5 Å². The molecule has 0 spiro atoms. The normalized spacial score (nSPS) is 24.6. The lowest BCUT2D eigenvalue weighted by molar-refractivity contribution is 0.122. The van der Waals surface area contributed by atoms with Crippen LogP contribution in [-0.4, -0.2) is 29.1 Å². The van der Waals surface area contributed by atoms with Gasteiger partial charge < -0.3 is 5.32 Å². The van der Waals surface area contributed by atoms with Crippen molar-refractivity contribution in [2.24, 2.45) is 11.3 Å². The van der Waals surface area contributed by atoms with E-state index < -0.39 is 0 Å². The Morgan fingerprint density at radius 1 is 1.12 bits per heavy atom. The molecule has 1 aromatic carbocycles. The van der Waals surface area contributed by atoms with Crippen LogP contribution in [0.15, 0.2) is 42.7 Å². The third-order valence-electron chi connectivity index (χ3n) is 8.63. The molecule has 0 aliphatic heterocycles. The molecule has 1 heterocycles. The van der Waals surface area contributed by atoms with E-state index >= 15 is 0 Å². The zero-order valence-electron chi connectivity index (χ0n) is 20.6. The summed E-state index contributed by atoms with van der Waals surface area (Å²) in [5.74, 6) is 1.09. The van der Waals surface area contributed by atoms with Gasteiger partial charge in [-0.3, -0.25) is 4.90 Å². The summed E-state index contributed by atoms with van der Waals surface area (Å²) < 4.78 is 0. The molecule has 0 unspecified atom stereocenters. The predicted octanol–water partition coefficient (Wildman–Crippen LogP) is 5.98. The van der Waals surface area contributed by atoms with Crippen LogP contribution >= 0.6 is 0 Å². The van der Waals surface area contributed by atoms with Gasteiger partial charge in [-0.05, 0) is 73.7 Å². The third kappa shape index (κ3) is 5.09. The third-order valence-corrected chi connectivity index (χ3v) is 8.63. The van der Waals surface area contributed by atoms with Crippen LogP contribution in [0.2, 0.25) is 0 Å². The molecule has 0 bridgehead atoms. The summed E-state index contributed by atoms with van der Waals surface area (Å²) in [6.45, 7) is 5.86. The highest BCUT2D eigenvalue weighted by atomic mass is 16.2. The number of nitrogens with one attached hydrogen (secondary N) is 1. The summed E-state index contributed by atoms with van der Waals surface area (Å²) in [4.78, 5) is 23.6. The van der Waals surface area contributed by atoms with E-state index in [0.717, 1.165) is 38.5 Å². The Morgan fingerprint density at radius 3 is 2.44 bits per heavy atom. The lowest BCUT2D eigenvalue weighted by atomic mass is 9.59. The summed E-state index contributed by atoms with van der Waals surface area (Å²) in [6, 6.07) is 14.5. The van der Waals surface area contributed by atoms with Crippen LogP contribution in [0.25, 0.3) is 0 Å². The van der Waals surface area contributed by atoms with E-state index in [0.29, 0.717) is 24.8 Å². The first kappa shape index (κ1) is 24.2. The summed E-state index contributed by atoms with van der Waals surface area (Å²) in [7, 11) is 0. The molecular weight excluding hydrogens is 422 g/mol. The molecule has 6 heteroatoms. The van der Waals surface area contributed by atoms with E-state index in [4.69, 9.17) is 0 Å². The largest absolute Gasteiger partial charge is 0.337 e. The number of hydrogen-bond acceptors (Lipinski definition) is 4. The SMILES string of the molecule is CC[C@]1(CN(C(=O)NCC2CCC2)c2cc(C#N)ncn2)CC[C@@](CC)(c2ccccc2)CC1. The molecule has 2 aliphatic rings. The molecule has 1 N–H and O–H groups in total. The quantitative estimate of drug-likeness (QED) is 0.526. The molecule has 0 saturated heterocycles. The fourth-order valence-electron chi connectivity index (χ4n) is 5.69. The van der Waals surface area contributed by atoms with E-state index in [-0.39, 0.29) is 22.6 Å². The monoisotopic (exact) mass is 459 g/mol. The van der Waals surface area contributed by atoms with E-state index in [1.807, 2.05) is 0 Å². The molecular formula is C28H37N5O. The zero-order chi connectivity index (χ0) is 24.0. The van der Waals surface area contributed by atoms with E-state index in [1.165, 1.54) is 31.2 Å². The maximum absolute atomic E-state index is 13.4. The second kappa shape index (κ2) is 10.5. The van der Waals surface area contributed by atoms with Gasteiger partial charge in [0.1, 0.15) is 23.9 Å². The number of nitriles is 1. The summed E-state index contributed by atoms with van der Waals surface area (Å²) >= 11 is 0. The topological polar surface area (TPSA) is 81.9 Å². The molecule has 0 radical (unpaired) electrons. The molecule has 34 heavy (non-hydrogen) atoms. The first-order chi connectivity index (χ1) is 16.5. The van der Waals surface area contributed by atoms with Crippen LogP contribution in [0.5, 0.6) is 0 Å². The fraction of sp³-hybridized carbons (Fsp3) is 0.571. The number of anilines is 1. The molecule has 2 fully saturated rings. The van der Waals surface area contributed by atoms with Crippen molar-refractivity contribution in [3.8, 4) is 6.07 Å². The number of urea groups is 1.